The zero-order chi connectivity index (χ0) is 11.7. The van der Waals surface area contributed by atoms with Gasteiger partial charge in [-0.2, -0.15) is 0 Å². The van der Waals surface area contributed by atoms with Crippen molar-refractivity contribution in [1.29, 1.82) is 0 Å². The molecule has 2 heterocycles. The van der Waals surface area contributed by atoms with E-state index in [9.17, 15) is 0 Å². The Morgan fingerprint density at radius 3 is 2.74 bits per heavy atom. The first-order chi connectivity index (χ1) is 8.33. The third kappa shape index (κ3) is 4.37. The fourth-order valence-corrected chi connectivity index (χ4v) is 2.82. The van der Waals surface area contributed by atoms with E-state index < -0.39 is 0 Å². The molecule has 1 aliphatic heterocycles. The average molecular weight is 306 g/mol. The summed E-state index contributed by atoms with van der Waals surface area (Å²) in [5, 5.41) is 3.57. The number of aryl methyl sites for hydroxylation is 2. The Hall–Kier alpha value is -0.250. The van der Waals surface area contributed by atoms with Crippen molar-refractivity contribution in [2.24, 2.45) is 5.92 Å². The average Bonchev–Trinajstić information content (AvgIpc) is 2.86. The summed E-state index contributed by atoms with van der Waals surface area (Å²) in [6, 6.07) is 0.737. The van der Waals surface area contributed by atoms with E-state index in [2.05, 4.69) is 21.8 Å². The Kier molecular flexibility index (Phi) is 6.64. The lowest BCUT2D eigenvalue weighted by Gasteiger charge is -2.12. The van der Waals surface area contributed by atoms with E-state index in [1.807, 2.05) is 6.20 Å². The number of nitrogens with one attached hydrogen (secondary N) is 1. The molecule has 1 aliphatic carbocycles. The normalized spacial score (nSPS) is 21.8. The third-order valence-electron chi connectivity index (χ3n) is 4.15. The monoisotopic (exact) mass is 305 g/mol. The van der Waals surface area contributed by atoms with E-state index in [1.165, 1.54) is 56.7 Å². The van der Waals surface area contributed by atoms with Crippen LogP contribution < -0.4 is 5.32 Å². The largest absolute Gasteiger partial charge is 0.332 e. The van der Waals surface area contributed by atoms with Gasteiger partial charge in [0.1, 0.15) is 5.82 Å². The zero-order valence-electron chi connectivity index (χ0n) is 11.6. The summed E-state index contributed by atoms with van der Waals surface area (Å²) in [5.41, 5.74) is 1.34. The molecular formula is C14H25Cl2N3. The van der Waals surface area contributed by atoms with Gasteiger partial charge in [0.25, 0.3) is 0 Å². The summed E-state index contributed by atoms with van der Waals surface area (Å²) in [6.45, 7) is 4.60. The van der Waals surface area contributed by atoms with Gasteiger partial charge in [-0.25, -0.2) is 4.98 Å². The molecule has 110 valence electrons. The lowest BCUT2D eigenvalue weighted by atomic mass is 10.1. The molecule has 19 heavy (non-hydrogen) atoms. The summed E-state index contributed by atoms with van der Waals surface area (Å²) in [5.74, 6) is 2.24. The van der Waals surface area contributed by atoms with E-state index in [0.29, 0.717) is 0 Å². The van der Waals surface area contributed by atoms with Crippen LogP contribution in [0.5, 0.6) is 0 Å². The molecule has 0 amide bonds. The molecule has 2 fully saturated rings. The van der Waals surface area contributed by atoms with Crippen LogP contribution in [-0.2, 0) is 13.0 Å². The van der Waals surface area contributed by atoms with Crippen LogP contribution in [0, 0.1) is 12.8 Å². The molecule has 1 aromatic heterocycles. The summed E-state index contributed by atoms with van der Waals surface area (Å²) in [4.78, 5) is 4.59. The topological polar surface area (TPSA) is 29.9 Å². The van der Waals surface area contributed by atoms with Gasteiger partial charge in [0.05, 0.1) is 0 Å². The second-order valence-electron chi connectivity index (χ2n) is 5.70. The highest BCUT2D eigenvalue weighted by molar-refractivity contribution is 5.85. The van der Waals surface area contributed by atoms with Crippen molar-refractivity contribution in [2.75, 3.05) is 6.54 Å². The molecule has 0 aromatic carbocycles. The highest BCUT2D eigenvalue weighted by atomic mass is 35.5. The van der Waals surface area contributed by atoms with Gasteiger partial charge in [-0.15, -0.1) is 24.8 Å². The van der Waals surface area contributed by atoms with Gasteiger partial charge in [0.15, 0.2) is 0 Å². The smallest absolute Gasteiger partial charge is 0.108 e. The van der Waals surface area contributed by atoms with Gasteiger partial charge in [0.2, 0.25) is 0 Å². The van der Waals surface area contributed by atoms with Crippen LogP contribution >= 0.6 is 24.8 Å². The second-order valence-corrected chi connectivity index (χ2v) is 5.70. The van der Waals surface area contributed by atoms with Crippen LogP contribution in [0.1, 0.15) is 43.6 Å². The fourth-order valence-electron chi connectivity index (χ4n) is 2.82. The Bertz CT molecular complexity index is 382. The van der Waals surface area contributed by atoms with E-state index in [1.54, 1.807) is 0 Å². The highest BCUT2D eigenvalue weighted by Crippen LogP contribution is 2.31. The molecule has 1 unspecified atom stereocenters. The summed E-state index contributed by atoms with van der Waals surface area (Å²) >= 11 is 0. The summed E-state index contributed by atoms with van der Waals surface area (Å²) < 4.78 is 2.45. The summed E-state index contributed by atoms with van der Waals surface area (Å²) in [7, 11) is 0. The van der Waals surface area contributed by atoms with Crippen LogP contribution in [0.3, 0.4) is 0 Å². The van der Waals surface area contributed by atoms with Gasteiger partial charge >= 0.3 is 0 Å². The van der Waals surface area contributed by atoms with E-state index in [0.717, 1.165) is 18.4 Å². The summed E-state index contributed by atoms with van der Waals surface area (Å²) in [6.07, 6.45) is 9.96. The van der Waals surface area contributed by atoms with Crippen molar-refractivity contribution in [3.8, 4) is 0 Å². The Labute approximate surface area is 128 Å². The predicted octanol–water partition coefficient (Wildman–Crippen LogP) is 3.13. The molecule has 1 N–H and O–H groups in total. The first-order valence-corrected chi connectivity index (χ1v) is 7.07. The number of hydrogen-bond donors (Lipinski definition) is 1. The van der Waals surface area contributed by atoms with Crippen LogP contribution in [-0.4, -0.2) is 22.1 Å². The highest BCUT2D eigenvalue weighted by Gasteiger charge is 2.24. The van der Waals surface area contributed by atoms with Crippen molar-refractivity contribution in [1.82, 2.24) is 14.9 Å². The minimum atomic E-state index is 0. The van der Waals surface area contributed by atoms with Crippen molar-refractivity contribution >= 4 is 24.8 Å². The molecule has 0 bridgehead atoms. The van der Waals surface area contributed by atoms with Crippen molar-refractivity contribution in [3.05, 3.63) is 17.7 Å². The Morgan fingerprint density at radius 2 is 2.11 bits per heavy atom. The number of rotatable bonds is 5. The molecule has 3 rings (SSSR count). The van der Waals surface area contributed by atoms with Gasteiger partial charge in [0, 0.05) is 30.9 Å². The van der Waals surface area contributed by atoms with Crippen LogP contribution in [0.2, 0.25) is 0 Å². The molecule has 1 saturated heterocycles. The van der Waals surface area contributed by atoms with Gasteiger partial charge < -0.3 is 9.88 Å². The lowest BCUT2D eigenvalue weighted by molar-refractivity contribution is 0.523. The standard InChI is InChI=1S/C14H23N3.2ClH/c1-11-9-16-14(17(11)10-12-4-5-12)7-6-13-3-2-8-15-13;;/h9,12-13,15H,2-8,10H2,1H3;2*1H. The maximum absolute atomic E-state index is 4.59. The molecule has 5 heteroatoms. The van der Waals surface area contributed by atoms with Crippen LogP contribution in [0.4, 0.5) is 0 Å². The van der Waals surface area contributed by atoms with Crippen LogP contribution in [0.15, 0.2) is 6.20 Å². The van der Waals surface area contributed by atoms with E-state index in [-0.39, 0.29) is 24.8 Å². The molecule has 2 aliphatic rings. The molecule has 1 aromatic rings. The van der Waals surface area contributed by atoms with Gasteiger partial charge in [-0.05, 0) is 51.5 Å². The minimum Gasteiger partial charge on any atom is -0.332 e. The third-order valence-corrected chi connectivity index (χ3v) is 4.15. The SMILES string of the molecule is Cc1cnc(CCC2CCCN2)n1CC1CC1.Cl.Cl. The van der Waals surface area contributed by atoms with Crippen molar-refractivity contribution in [3.63, 3.8) is 0 Å². The molecule has 3 nitrogen and oxygen atoms in total. The van der Waals surface area contributed by atoms with Crippen molar-refractivity contribution < 1.29 is 0 Å². The number of hydrogen-bond acceptors (Lipinski definition) is 2. The number of nitrogens with zero attached hydrogens (tertiary/aromatic N) is 2. The van der Waals surface area contributed by atoms with E-state index >= 15 is 0 Å². The zero-order valence-corrected chi connectivity index (χ0v) is 13.2. The maximum Gasteiger partial charge on any atom is 0.108 e. The Morgan fingerprint density at radius 1 is 1.32 bits per heavy atom. The minimum absolute atomic E-state index is 0. The maximum atomic E-state index is 4.59. The number of aromatic nitrogens is 2. The van der Waals surface area contributed by atoms with Crippen LogP contribution in [0.25, 0.3) is 0 Å². The molecule has 1 saturated carbocycles. The fraction of sp³-hybridized carbons (Fsp3) is 0.786. The molecule has 1 atom stereocenters. The number of imidazole rings is 1. The van der Waals surface area contributed by atoms with E-state index in [4.69, 9.17) is 0 Å². The predicted molar refractivity (Wildman–Crippen MR) is 83.5 cm³/mol. The first kappa shape index (κ1) is 16.8. The number of halogens is 2. The quantitative estimate of drug-likeness (QED) is 0.906. The van der Waals surface area contributed by atoms with Gasteiger partial charge in [-0.1, -0.05) is 0 Å². The first-order valence-electron chi connectivity index (χ1n) is 7.07. The molecule has 0 radical (unpaired) electrons. The van der Waals surface area contributed by atoms with Crippen molar-refractivity contribution in [2.45, 2.75) is 58.0 Å². The second kappa shape index (κ2) is 7.51. The lowest BCUT2D eigenvalue weighted by Crippen LogP contribution is -2.22. The van der Waals surface area contributed by atoms with Gasteiger partial charge in [-0.3, -0.25) is 0 Å². The molecular weight excluding hydrogens is 281 g/mol. The molecule has 0 spiro atoms. The Balaban J connectivity index is 0.000000902.